The minimum atomic E-state index is -0.198. The molecule has 0 bridgehead atoms. The molecule has 110 valence electrons. The van der Waals surface area contributed by atoms with Crippen LogP contribution in [0, 0.1) is 5.92 Å². The van der Waals surface area contributed by atoms with E-state index in [4.69, 9.17) is 4.74 Å². The molecule has 0 radical (unpaired) electrons. The van der Waals surface area contributed by atoms with E-state index >= 15 is 0 Å². The van der Waals surface area contributed by atoms with Crippen LogP contribution < -0.4 is 5.32 Å². The van der Waals surface area contributed by atoms with Gasteiger partial charge in [-0.25, -0.2) is 0 Å². The molecule has 4 heteroatoms. The van der Waals surface area contributed by atoms with Gasteiger partial charge in [-0.3, -0.25) is 4.79 Å². The Hall–Kier alpha value is -1.39. The lowest BCUT2D eigenvalue weighted by Gasteiger charge is -2.25. The molecule has 1 saturated carbocycles. The van der Waals surface area contributed by atoms with E-state index in [2.05, 4.69) is 5.32 Å². The van der Waals surface area contributed by atoms with Crippen LogP contribution in [0.2, 0.25) is 0 Å². The lowest BCUT2D eigenvalue weighted by molar-refractivity contribution is 0.0873. The molecule has 0 aliphatic heterocycles. The Labute approximate surface area is 120 Å². The Balaban J connectivity index is 1.86. The highest BCUT2D eigenvalue weighted by Crippen LogP contribution is 2.23. The molecule has 0 spiro atoms. The number of hydrogen-bond acceptors (Lipinski definition) is 3. The summed E-state index contributed by atoms with van der Waals surface area (Å²) in [5, 5.41) is 12.6. The van der Waals surface area contributed by atoms with Gasteiger partial charge < -0.3 is 15.2 Å². The van der Waals surface area contributed by atoms with Crippen molar-refractivity contribution in [1.29, 1.82) is 0 Å². The van der Waals surface area contributed by atoms with Crippen molar-refractivity contribution >= 4 is 5.91 Å². The van der Waals surface area contributed by atoms with Crippen LogP contribution in [0.4, 0.5) is 0 Å². The molecule has 1 aliphatic carbocycles. The van der Waals surface area contributed by atoms with E-state index in [1.165, 1.54) is 0 Å². The zero-order valence-electron chi connectivity index (χ0n) is 12.0. The molecule has 2 atom stereocenters. The standard InChI is InChI=1S/C16H23NO3/c1-20-11-13-5-2-6-14(8-13)16(19)17-10-12-4-3-7-15(18)9-12/h2,5-6,8,12,15,18H,3-4,7,9-11H2,1H3,(H,17,19). The summed E-state index contributed by atoms with van der Waals surface area (Å²) < 4.78 is 5.07. The molecule has 0 aromatic heterocycles. The first-order valence-electron chi connectivity index (χ1n) is 7.23. The molecular formula is C16H23NO3. The molecule has 1 aromatic carbocycles. The minimum absolute atomic E-state index is 0.0528. The predicted molar refractivity (Wildman–Crippen MR) is 77.5 cm³/mol. The molecule has 2 N–H and O–H groups in total. The van der Waals surface area contributed by atoms with Crippen molar-refractivity contribution in [3.8, 4) is 0 Å². The van der Waals surface area contributed by atoms with Crippen LogP contribution in [0.15, 0.2) is 24.3 Å². The van der Waals surface area contributed by atoms with Crippen LogP contribution in [-0.2, 0) is 11.3 Å². The molecule has 2 rings (SSSR count). The summed E-state index contributed by atoms with van der Waals surface area (Å²) in [6.07, 6.45) is 3.62. The van der Waals surface area contributed by atoms with Crippen LogP contribution in [0.3, 0.4) is 0 Å². The fourth-order valence-electron chi connectivity index (χ4n) is 2.76. The SMILES string of the molecule is COCc1cccc(C(=O)NCC2CCCC(O)C2)c1. The van der Waals surface area contributed by atoms with Crippen molar-refractivity contribution in [2.45, 2.75) is 38.4 Å². The number of rotatable bonds is 5. The van der Waals surface area contributed by atoms with E-state index in [1.54, 1.807) is 7.11 Å². The summed E-state index contributed by atoms with van der Waals surface area (Å²) >= 11 is 0. The van der Waals surface area contributed by atoms with Gasteiger partial charge in [-0.1, -0.05) is 18.6 Å². The van der Waals surface area contributed by atoms with E-state index in [1.807, 2.05) is 24.3 Å². The smallest absolute Gasteiger partial charge is 0.251 e. The van der Waals surface area contributed by atoms with Gasteiger partial charge in [-0.05, 0) is 42.9 Å². The lowest BCUT2D eigenvalue weighted by Crippen LogP contribution is -2.33. The second-order valence-electron chi connectivity index (χ2n) is 5.53. The maximum Gasteiger partial charge on any atom is 0.251 e. The summed E-state index contributed by atoms with van der Waals surface area (Å²) in [7, 11) is 1.64. The first-order chi connectivity index (χ1) is 9.69. The normalized spacial score (nSPS) is 22.5. The van der Waals surface area contributed by atoms with Crippen molar-refractivity contribution in [3.63, 3.8) is 0 Å². The zero-order chi connectivity index (χ0) is 14.4. The van der Waals surface area contributed by atoms with Gasteiger partial charge in [0.15, 0.2) is 0 Å². The largest absolute Gasteiger partial charge is 0.393 e. The van der Waals surface area contributed by atoms with Crippen LogP contribution in [-0.4, -0.2) is 30.8 Å². The third kappa shape index (κ3) is 4.32. The number of methoxy groups -OCH3 is 1. The maximum absolute atomic E-state index is 12.1. The van der Waals surface area contributed by atoms with Crippen molar-refractivity contribution in [3.05, 3.63) is 35.4 Å². The van der Waals surface area contributed by atoms with Gasteiger partial charge in [0.05, 0.1) is 12.7 Å². The highest BCUT2D eigenvalue weighted by Gasteiger charge is 2.20. The molecule has 4 nitrogen and oxygen atoms in total. The molecule has 1 aromatic rings. The highest BCUT2D eigenvalue weighted by molar-refractivity contribution is 5.94. The van der Waals surface area contributed by atoms with Crippen LogP contribution in [0.5, 0.6) is 0 Å². The summed E-state index contributed by atoms with van der Waals surface area (Å²) in [6, 6.07) is 7.48. The highest BCUT2D eigenvalue weighted by atomic mass is 16.5. The number of aliphatic hydroxyl groups is 1. The van der Waals surface area contributed by atoms with E-state index in [0.29, 0.717) is 24.6 Å². The monoisotopic (exact) mass is 277 g/mol. The molecule has 1 fully saturated rings. The Morgan fingerprint density at radius 2 is 2.30 bits per heavy atom. The number of ether oxygens (including phenoxy) is 1. The fraction of sp³-hybridized carbons (Fsp3) is 0.562. The maximum atomic E-state index is 12.1. The van der Waals surface area contributed by atoms with Crippen molar-refractivity contribution in [1.82, 2.24) is 5.32 Å². The Kier molecular flexibility index (Phi) is 5.56. The average molecular weight is 277 g/mol. The Morgan fingerprint density at radius 3 is 3.05 bits per heavy atom. The number of aliphatic hydroxyl groups excluding tert-OH is 1. The second kappa shape index (κ2) is 7.41. The van der Waals surface area contributed by atoms with Gasteiger partial charge >= 0.3 is 0 Å². The molecule has 0 heterocycles. The number of nitrogens with one attached hydrogen (secondary N) is 1. The number of benzene rings is 1. The zero-order valence-corrected chi connectivity index (χ0v) is 12.0. The molecule has 0 saturated heterocycles. The third-order valence-corrected chi connectivity index (χ3v) is 3.81. The third-order valence-electron chi connectivity index (χ3n) is 3.81. The van der Waals surface area contributed by atoms with E-state index in [-0.39, 0.29) is 12.0 Å². The summed E-state index contributed by atoms with van der Waals surface area (Å²) in [6.45, 7) is 1.15. The summed E-state index contributed by atoms with van der Waals surface area (Å²) in [4.78, 5) is 12.1. The first-order valence-corrected chi connectivity index (χ1v) is 7.23. The van der Waals surface area contributed by atoms with E-state index in [0.717, 1.165) is 31.2 Å². The molecule has 20 heavy (non-hydrogen) atoms. The van der Waals surface area contributed by atoms with Crippen LogP contribution >= 0.6 is 0 Å². The van der Waals surface area contributed by atoms with E-state index in [9.17, 15) is 9.90 Å². The molecular weight excluding hydrogens is 254 g/mol. The first kappa shape index (κ1) is 15.0. The second-order valence-corrected chi connectivity index (χ2v) is 5.53. The Bertz CT molecular complexity index is 447. The van der Waals surface area contributed by atoms with Gasteiger partial charge in [0.1, 0.15) is 0 Å². The van der Waals surface area contributed by atoms with Crippen molar-refractivity contribution < 1.29 is 14.6 Å². The average Bonchev–Trinajstić information content (AvgIpc) is 2.45. The van der Waals surface area contributed by atoms with E-state index < -0.39 is 0 Å². The van der Waals surface area contributed by atoms with Gasteiger partial charge in [-0.2, -0.15) is 0 Å². The summed E-state index contributed by atoms with van der Waals surface area (Å²) in [5.41, 5.74) is 1.66. The Morgan fingerprint density at radius 1 is 1.45 bits per heavy atom. The van der Waals surface area contributed by atoms with Gasteiger partial charge in [0, 0.05) is 19.2 Å². The number of amides is 1. The van der Waals surface area contributed by atoms with Crippen molar-refractivity contribution in [2.75, 3.05) is 13.7 Å². The number of carbonyl (C=O) groups is 1. The molecule has 1 aliphatic rings. The minimum Gasteiger partial charge on any atom is -0.393 e. The molecule has 2 unspecified atom stereocenters. The number of carbonyl (C=O) groups excluding carboxylic acids is 1. The van der Waals surface area contributed by atoms with Crippen LogP contribution in [0.25, 0.3) is 0 Å². The lowest BCUT2D eigenvalue weighted by atomic mass is 9.87. The fourth-order valence-corrected chi connectivity index (χ4v) is 2.76. The van der Waals surface area contributed by atoms with Gasteiger partial charge in [0.25, 0.3) is 5.91 Å². The van der Waals surface area contributed by atoms with Gasteiger partial charge in [-0.15, -0.1) is 0 Å². The topological polar surface area (TPSA) is 58.6 Å². The van der Waals surface area contributed by atoms with Gasteiger partial charge in [0.2, 0.25) is 0 Å². The quantitative estimate of drug-likeness (QED) is 0.866. The van der Waals surface area contributed by atoms with Crippen LogP contribution in [0.1, 0.15) is 41.6 Å². The summed E-state index contributed by atoms with van der Waals surface area (Å²) in [5.74, 6) is 0.341. The predicted octanol–water partition coefficient (Wildman–Crippen LogP) is 2.11. The molecule has 1 amide bonds. The number of hydrogen-bond donors (Lipinski definition) is 2. The van der Waals surface area contributed by atoms with Crippen molar-refractivity contribution in [2.24, 2.45) is 5.92 Å².